The summed E-state index contributed by atoms with van der Waals surface area (Å²) in [7, 11) is -2.77. The number of amides is 3. The lowest BCUT2D eigenvalue weighted by Gasteiger charge is -2.34. The second-order valence-electron chi connectivity index (χ2n) is 7.47. The van der Waals surface area contributed by atoms with Gasteiger partial charge in [0.25, 0.3) is 5.91 Å². The minimum atomic E-state index is -4.64. The van der Waals surface area contributed by atoms with Gasteiger partial charge in [0, 0.05) is 39.1 Å². The number of nitrogens with two attached hydrogens (primary N) is 1. The number of anilines is 1. The molecule has 0 aliphatic carbocycles. The normalized spacial score (nSPS) is 19.0. The molecule has 0 aromatic heterocycles. The first kappa shape index (κ1) is 23.4. The number of carbonyl (C=O) groups excluding carboxylic acids is 3. The fourth-order valence-electron chi connectivity index (χ4n) is 3.50. The highest BCUT2D eigenvalue weighted by molar-refractivity contribution is 7.89. The lowest BCUT2D eigenvalue weighted by Crippen LogP contribution is -2.58. The summed E-state index contributed by atoms with van der Waals surface area (Å²) in [6.45, 7) is 1.95. The van der Waals surface area contributed by atoms with Gasteiger partial charge in [-0.15, -0.1) is 0 Å². The number of sulfonamides is 1. The van der Waals surface area contributed by atoms with Gasteiger partial charge in [-0.1, -0.05) is 11.6 Å². The van der Waals surface area contributed by atoms with Gasteiger partial charge in [-0.3, -0.25) is 14.4 Å². The maximum atomic E-state index is 14.2. The molecule has 2 saturated heterocycles. The molecule has 0 bridgehead atoms. The summed E-state index contributed by atoms with van der Waals surface area (Å²) in [6.07, 6.45) is 0.756. The van der Waals surface area contributed by atoms with Crippen LogP contribution >= 0.6 is 11.6 Å². The molecule has 3 amide bonds. The Morgan fingerprint density at radius 3 is 2.39 bits per heavy atom. The summed E-state index contributed by atoms with van der Waals surface area (Å²) in [5.74, 6) is -3.26. The molecule has 2 fully saturated rings. The van der Waals surface area contributed by atoms with Gasteiger partial charge in [-0.2, -0.15) is 4.72 Å². The van der Waals surface area contributed by atoms with Gasteiger partial charge in [0.2, 0.25) is 21.8 Å². The van der Waals surface area contributed by atoms with Crippen LogP contribution in [0.1, 0.15) is 12.8 Å². The molecule has 170 valence electrons. The number of likely N-dealkylation sites (N-methyl/N-ethyl adjacent to an activating group) is 1. The number of nitrogens with zero attached hydrogens (tertiary/aromatic N) is 3. The van der Waals surface area contributed by atoms with Crippen molar-refractivity contribution in [2.75, 3.05) is 44.7 Å². The number of primary amides is 1. The van der Waals surface area contributed by atoms with Crippen LogP contribution in [-0.2, 0) is 24.4 Å². The van der Waals surface area contributed by atoms with Crippen LogP contribution in [0.25, 0.3) is 0 Å². The third-order valence-corrected chi connectivity index (χ3v) is 7.21. The zero-order valence-electron chi connectivity index (χ0n) is 16.8. The Balaban J connectivity index is 1.91. The summed E-state index contributed by atoms with van der Waals surface area (Å²) in [4.78, 5) is 40.5. The second kappa shape index (κ2) is 9.07. The van der Waals surface area contributed by atoms with Crippen LogP contribution in [0.15, 0.2) is 17.0 Å². The summed E-state index contributed by atoms with van der Waals surface area (Å²) in [5.41, 5.74) is 5.20. The van der Waals surface area contributed by atoms with E-state index in [1.54, 1.807) is 0 Å². The summed E-state index contributed by atoms with van der Waals surface area (Å²) < 4.78 is 42.1. The van der Waals surface area contributed by atoms with Crippen LogP contribution in [-0.4, -0.2) is 81.8 Å². The maximum absolute atomic E-state index is 14.2. The van der Waals surface area contributed by atoms with Gasteiger partial charge in [-0.25, -0.2) is 12.8 Å². The van der Waals surface area contributed by atoms with Crippen LogP contribution in [0.4, 0.5) is 10.1 Å². The molecule has 2 aliphatic rings. The highest BCUT2D eigenvalue weighted by Crippen LogP contribution is 2.35. The smallest absolute Gasteiger partial charge is 0.250 e. The number of benzene rings is 1. The molecule has 3 N–H and O–H groups in total. The molecule has 1 atom stereocenters. The molecule has 0 unspecified atom stereocenters. The van der Waals surface area contributed by atoms with E-state index < -0.39 is 38.6 Å². The van der Waals surface area contributed by atoms with Gasteiger partial charge in [-0.05, 0) is 25.6 Å². The van der Waals surface area contributed by atoms with Crippen molar-refractivity contribution in [1.82, 2.24) is 14.5 Å². The first-order chi connectivity index (χ1) is 14.5. The van der Waals surface area contributed by atoms with Crippen LogP contribution in [0.2, 0.25) is 5.02 Å². The average molecular weight is 476 g/mol. The third kappa shape index (κ3) is 4.97. The zero-order chi connectivity index (χ0) is 22.9. The predicted molar refractivity (Wildman–Crippen MR) is 110 cm³/mol. The first-order valence-corrected chi connectivity index (χ1v) is 11.5. The van der Waals surface area contributed by atoms with Crippen LogP contribution in [0.5, 0.6) is 0 Å². The van der Waals surface area contributed by atoms with E-state index in [1.165, 1.54) is 9.80 Å². The van der Waals surface area contributed by atoms with Gasteiger partial charge in [0.15, 0.2) is 6.04 Å². The van der Waals surface area contributed by atoms with Gasteiger partial charge in [0.1, 0.15) is 10.7 Å². The van der Waals surface area contributed by atoms with E-state index >= 15 is 0 Å². The molecule has 0 radical (unpaired) electrons. The fraction of sp³-hybridized carbons (Fsp3) is 0.500. The van der Waals surface area contributed by atoms with Gasteiger partial charge >= 0.3 is 0 Å². The molecular formula is C18H23ClFN5O5S. The Morgan fingerprint density at radius 2 is 1.84 bits per heavy atom. The van der Waals surface area contributed by atoms with E-state index in [0.717, 1.165) is 6.07 Å². The zero-order valence-corrected chi connectivity index (χ0v) is 18.4. The number of carbonyl (C=O) groups is 3. The molecular weight excluding hydrogens is 453 g/mol. The SMILES string of the molecule is CN1CCN(C(=O)[C@@H](NS(=O)(=O)c2cc(F)cc(N3CCCC3=O)c2Cl)C(N)=O)CC1. The summed E-state index contributed by atoms with van der Waals surface area (Å²) >= 11 is 6.22. The Bertz CT molecular complexity index is 1010. The number of halogens is 2. The molecule has 2 heterocycles. The molecule has 2 aliphatic heterocycles. The average Bonchev–Trinajstić information content (AvgIpc) is 3.13. The quantitative estimate of drug-likeness (QED) is 0.533. The van der Waals surface area contributed by atoms with Crippen molar-refractivity contribution < 1.29 is 27.2 Å². The molecule has 3 rings (SSSR count). The molecule has 1 aromatic rings. The first-order valence-electron chi connectivity index (χ1n) is 9.59. The number of rotatable bonds is 6. The van der Waals surface area contributed by atoms with Gasteiger partial charge < -0.3 is 20.4 Å². The second-order valence-corrected chi connectivity index (χ2v) is 9.53. The fourth-order valence-corrected chi connectivity index (χ4v) is 5.28. The summed E-state index contributed by atoms with van der Waals surface area (Å²) in [5, 5.41) is -0.389. The predicted octanol–water partition coefficient (Wildman–Crippen LogP) is -0.488. The molecule has 1 aromatic carbocycles. The molecule has 13 heteroatoms. The van der Waals surface area contributed by atoms with Crippen LogP contribution in [0.3, 0.4) is 0 Å². The number of hydrogen-bond donors (Lipinski definition) is 2. The molecule has 0 spiro atoms. The Labute approximate surface area is 184 Å². The summed E-state index contributed by atoms with van der Waals surface area (Å²) in [6, 6.07) is -0.261. The molecule has 31 heavy (non-hydrogen) atoms. The van der Waals surface area contributed by atoms with E-state index in [2.05, 4.69) is 0 Å². The highest BCUT2D eigenvalue weighted by Gasteiger charge is 2.36. The van der Waals surface area contributed by atoms with E-state index in [4.69, 9.17) is 17.3 Å². The van der Waals surface area contributed by atoms with E-state index in [0.29, 0.717) is 38.7 Å². The Morgan fingerprint density at radius 1 is 1.19 bits per heavy atom. The number of hydrogen-bond acceptors (Lipinski definition) is 6. The van der Waals surface area contributed by atoms with Crippen LogP contribution < -0.4 is 15.4 Å². The topological polar surface area (TPSA) is 133 Å². The van der Waals surface area contributed by atoms with E-state index in [1.807, 2.05) is 16.7 Å². The van der Waals surface area contributed by atoms with Crippen molar-refractivity contribution in [2.24, 2.45) is 5.73 Å². The van der Waals surface area contributed by atoms with Crippen molar-refractivity contribution >= 4 is 45.0 Å². The van der Waals surface area contributed by atoms with Crippen molar-refractivity contribution in [3.05, 3.63) is 23.0 Å². The third-order valence-electron chi connectivity index (χ3n) is 5.26. The minimum Gasteiger partial charge on any atom is -0.368 e. The van der Waals surface area contributed by atoms with Gasteiger partial charge in [0.05, 0.1) is 10.7 Å². The van der Waals surface area contributed by atoms with Crippen molar-refractivity contribution in [3.63, 3.8) is 0 Å². The molecule has 0 saturated carbocycles. The van der Waals surface area contributed by atoms with Crippen molar-refractivity contribution in [3.8, 4) is 0 Å². The largest absolute Gasteiger partial charge is 0.368 e. The number of piperazine rings is 1. The highest BCUT2D eigenvalue weighted by atomic mass is 35.5. The Kier molecular flexibility index (Phi) is 6.84. The van der Waals surface area contributed by atoms with Crippen LogP contribution in [0, 0.1) is 5.82 Å². The van der Waals surface area contributed by atoms with E-state index in [9.17, 15) is 27.2 Å². The number of nitrogens with one attached hydrogen (secondary N) is 1. The van der Waals surface area contributed by atoms with E-state index in [-0.39, 0.29) is 29.6 Å². The lowest BCUT2D eigenvalue weighted by atomic mass is 10.2. The Hall–Kier alpha value is -2.28. The maximum Gasteiger partial charge on any atom is 0.250 e. The lowest BCUT2D eigenvalue weighted by molar-refractivity contribution is -0.138. The van der Waals surface area contributed by atoms with Crippen molar-refractivity contribution in [2.45, 2.75) is 23.8 Å². The standard InChI is InChI=1S/C18H23ClFN5O5S/c1-23-5-7-24(8-6-23)18(28)16(17(21)27)22-31(29,30)13-10-11(20)9-12(15(13)19)25-4-2-3-14(25)26/h9-10,16,22H,2-8H2,1H3,(H2,21,27)/t16-/m0/s1. The van der Waals surface area contributed by atoms with Crippen molar-refractivity contribution in [1.29, 1.82) is 0 Å². The monoisotopic (exact) mass is 475 g/mol. The molecule has 10 nitrogen and oxygen atoms in total. The minimum absolute atomic E-state index is 0.0921.